The number of nitrogens with zero attached hydrogens (tertiary/aromatic N) is 2. The third kappa shape index (κ3) is 4.55. The molecule has 0 saturated heterocycles. The summed E-state index contributed by atoms with van der Waals surface area (Å²) in [4.78, 5) is 32.2. The second-order valence-corrected chi connectivity index (χ2v) is 7.16. The molecule has 3 heterocycles. The number of aliphatic hydroxyl groups excluding tert-OH is 1. The minimum absolute atomic E-state index is 0.0532. The molecule has 0 bridgehead atoms. The molecule has 0 aliphatic heterocycles. The maximum atomic E-state index is 12.6. The topological polar surface area (TPSA) is 112 Å². The molecule has 1 atom stereocenters. The zero-order valence-electron chi connectivity index (χ0n) is 16.6. The number of rotatable bonds is 7. The number of pyridine rings is 2. The van der Waals surface area contributed by atoms with Crippen molar-refractivity contribution in [3.05, 3.63) is 70.7 Å². The SMILES string of the molecule is CC(CO)NC(=O)c1cnccc1Nc1cc(-n2cccc2)c(=O)[nH]c1C(C)C. The first-order chi connectivity index (χ1) is 13.9. The van der Waals surface area contributed by atoms with Crippen molar-refractivity contribution in [1.29, 1.82) is 0 Å². The van der Waals surface area contributed by atoms with Gasteiger partial charge in [-0.3, -0.25) is 14.6 Å². The van der Waals surface area contributed by atoms with E-state index < -0.39 is 0 Å². The number of nitrogens with one attached hydrogen (secondary N) is 3. The van der Waals surface area contributed by atoms with Crippen LogP contribution in [0.15, 0.2) is 53.8 Å². The van der Waals surface area contributed by atoms with Gasteiger partial charge in [-0.15, -0.1) is 0 Å². The molecule has 3 rings (SSSR count). The predicted molar refractivity (Wildman–Crippen MR) is 112 cm³/mol. The Kier molecular flexibility index (Phi) is 6.13. The monoisotopic (exact) mass is 395 g/mol. The number of H-pyrrole nitrogens is 1. The van der Waals surface area contributed by atoms with Crippen molar-refractivity contribution < 1.29 is 9.90 Å². The van der Waals surface area contributed by atoms with E-state index >= 15 is 0 Å². The van der Waals surface area contributed by atoms with Crippen LogP contribution in [0.1, 0.15) is 42.7 Å². The van der Waals surface area contributed by atoms with Crippen LogP contribution in [0.2, 0.25) is 0 Å². The Morgan fingerprint density at radius 2 is 1.97 bits per heavy atom. The van der Waals surface area contributed by atoms with Crippen molar-refractivity contribution in [3.8, 4) is 5.69 Å². The van der Waals surface area contributed by atoms with Gasteiger partial charge in [0, 0.05) is 36.5 Å². The Labute approximate surface area is 168 Å². The molecule has 3 aromatic heterocycles. The second kappa shape index (κ2) is 8.74. The molecule has 0 aliphatic rings. The fourth-order valence-corrected chi connectivity index (χ4v) is 2.96. The Morgan fingerprint density at radius 1 is 1.24 bits per heavy atom. The highest BCUT2D eigenvalue weighted by atomic mass is 16.3. The number of aromatic amines is 1. The minimum Gasteiger partial charge on any atom is -0.394 e. The fraction of sp³-hybridized carbons (Fsp3) is 0.286. The lowest BCUT2D eigenvalue weighted by molar-refractivity contribution is 0.0923. The van der Waals surface area contributed by atoms with Crippen LogP contribution >= 0.6 is 0 Å². The van der Waals surface area contributed by atoms with Crippen LogP contribution in [0.4, 0.5) is 11.4 Å². The molecule has 152 valence electrons. The first-order valence-corrected chi connectivity index (χ1v) is 9.44. The van der Waals surface area contributed by atoms with Gasteiger partial charge in [-0.2, -0.15) is 0 Å². The highest BCUT2D eigenvalue weighted by molar-refractivity contribution is 6.00. The highest BCUT2D eigenvalue weighted by Crippen LogP contribution is 2.27. The summed E-state index contributed by atoms with van der Waals surface area (Å²) in [5.41, 5.74) is 2.60. The molecule has 4 N–H and O–H groups in total. The zero-order valence-corrected chi connectivity index (χ0v) is 16.6. The maximum absolute atomic E-state index is 12.6. The normalized spacial score (nSPS) is 12.0. The van der Waals surface area contributed by atoms with Crippen LogP contribution in [0, 0.1) is 0 Å². The maximum Gasteiger partial charge on any atom is 0.272 e. The highest BCUT2D eigenvalue weighted by Gasteiger charge is 2.17. The van der Waals surface area contributed by atoms with Crippen LogP contribution in [0.25, 0.3) is 5.69 Å². The van der Waals surface area contributed by atoms with Gasteiger partial charge < -0.3 is 25.3 Å². The van der Waals surface area contributed by atoms with Crippen molar-refractivity contribution >= 4 is 17.3 Å². The van der Waals surface area contributed by atoms with Crippen molar-refractivity contribution in [2.75, 3.05) is 11.9 Å². The summed E-state index contributed by atoms with van der Waals surface area (Å²) in [6, 6.07) is 6.78. The van der Waals surface area contributed by atoms with E-state index in [1.807, 2.05) is 26.0 Å². The van der Waals surface area contributed by atoms with Crippen LogP contribution in [0.5, 0.6) is 0 Å². The van der Waals surface area contributed by atoms with Gasteiger partial charge in [0.1, 0.15) is 5.69 Å². The molecule has 1 unspecified atom stereocenters. The van der Waals surface area contributed by atoms with E-state index in [1.165, 1.54) is 6.20 Å². The zero-order chi connectivity index (χ0) is 21.0. The molecule has 8 nitrogen and oxygen atoms in total. The van der Waals surface area contributed by atoms with E-state index in [0.29, 0.717) is 22.6 Å². The van der Waals surface area contributed by atoms with Gasteiger partial charge in [-0.05, 0) is 37.1 Å². The van der Waals surface area contributed by atoms with Crippen molar-refractivity contribution in [3.63, 3.8) is 0 Å². The van der Waals surface area contributed by atoms with E-state index in [2.05, 4.69) is 20.6 Å². The van der Waals surface area contributed by atoms with Crippen LogP contribution < -0.4 is 16.2 Å². The number of carbonyl (C=O) groups excluding carboxylic acids is 1. The van der Waals surface area contributed by atoms with E-state index in [-0.39, 0.29) is 30.0 Å². The van der Waals surface area contributed by atoms with E-state index in [1.54, 1.807) is 42.2 Å². The number of aliphatic hydroxyl groups is 1. The number of aromatic nitrogens is 3. The summed E-state index contributed by atoms with van der Waals surface area (Å²) >= 11 is 0. The van der Waals surface area contributed by atoms with Crippen molar-refractivity contribution in [1.82, 2.24) is 19.9 Å². The third-order valence-electron chi connectivity index (χ3n) is 4.50. The summed E-state index contributed by atoms with van der Waals surface area (Å²) in [5, 5.41) is 15.2. The van der Waals surface area contributed by atoms with E-state index in [4.69, 9.17) is 0 Å². The molecule has 0 fully saturated rings. The molecule has 0 aromatic carbocycles. The van der Waals surface area contributed by atoms with Crippen LogP contribution in [-0.2, 0) is 0 Å². The van der Waals surface area contributed by atoms with Gasteiger partial charge in [0.15, 0.2) is 0 Å². The van der Waals surface area contributed by atoms with E-state index in [9.17, 15) is 14.7 Å². The minimum atomic E-state index is -0.379. The largest absolute Gasteiger partial charge is 0.394 e. The Balaban J connectivity index is 2.03. The van der Waals surface area contributed by atoms with Gasteiger partial charge in [-0.25, -0.2) is 0 Å². The Morgan fingerprint density at radius 3 is 2.62 bits per heavy atom. The van der Waals surface area contributed by atoms with Gasteiger partial charge in [-0.1, -0.05) is 13.8 Å². The summed E-state index contributed by atoms with van der Waals surface area (Å²) in [6.07, 6.45) is 6.65. The van der Waals surface area contributed by atoms with Crippen molar-refractivity contribution in [2.24, 2.45) is 0 Å². The fourth-order valence-electron chi connectivity index (χ4n) is 2.96. The van der Waals surface area contributed by atoms with Gasteiger partial charge >= 0.3 is 0 Å². The Bertz CT molecular complexity index is 1040. The number of amides is 1. The summed E-state index contributed by atoms with van der Waals surface area (Å²) in [6.45, 7) is 5.51. The predicted octanol–water partition coefficient (Wildman–Crippen LogP) is 2.54. The first-order valence-electron chi connectivity index (χ1n) is 9.44. The summed E-state index contributed by atoms with van der Waals surface area (Å²) in [5.74, 6) is -0.291. The number of hydrogen-bond donors (Lipinski definition) is 4. The molecular weight excluding hydrogens is 370 g/mol. The number of anilines is 2. The molecular formula is C21H25N5O3. The Hall–Kier alpha value is -3.39. The molecule has 29 heavy (non-hydrogen) atoms. The third-order valence-corrected chi connectivity index (χ3v) is 4.50. The lowest BCUT2D eigenvalue weighted by Gasteiger charge is -2.18. The van der Waals surface area contributed by atoms with Gasteiger partial charge in [0.05, 0.1) is 23.5 Å². The van der Waals surface area contributed by atoms with Gasteiger partial charge in [0.25, 0.3) is 11.5 Å². The molecule has 0 radical (unpaired) electrons. The lowest BCUT2D eigenvalue weighted by atomic mass is 10.1. The molecule has 3 aromatic rings. The number of hydrogen-bond acceptors (Lipinski definition) is 5. The summed E-state index contributed by atoms with van der Waals surface area (Å²) in [7, 11) is 0. The van der Waals surface area contributed by atoms with Crippen LogP contribution in [-0.4, -0.2) is 38.2 Å². The second-order valence-electron chi connectivity index (χ2n) is 7.16. The molecule has 8 heteroatoms. The quantitative estimate of drug-likeness (QED) is 0.491. The molecule has 0 saturated carbocycles. The standard InChI is InChI=1S/C21H25N5O3/c1-13(2)19-17(10-18(21(29)25-19)26-8-4-5-9-26)24-16-6-7-22-11-15(16)20(28)23-14(3)12-27/h4-11,13-14,27H,12H2,1-3H3,(H,22,24)(H,23,28)(H,25,29). The molecule has 0 spiro atoms. The van der Waals surface area contributed by atoms with Crippen molar-refractivity contribution in [2.45, 2.75) is 32.7 Å². The molecule has 1 amide bonds. The lowest BCUT2D eigenvalue weighted by Crippen LogP contribution is -2.35. The van der Waals surface area contributed by atoms with Gasteiger partial charge in [0.2, 0.25) is 0 Å². The van der Waals surface area contributed by atoms with Crippen LogP contribution in [0.3, 0.4) is 0 Å². The molecule has 0 aliphatic carbocycles. The first kappa shape index (κ1) is 20.3. The average molecular weight is 395 g/mol. The summed E-state index contributed by atoms with van der Waals surface area (Å²) < 4.78 is 1.73. The average Bonchev–Trinajstić information content (AvgIpc) is 3.23. The number of carbonyl (C=O) groups is 1. The van der Waals surface area contributed by atoms with E-state index in [0.717, 1.165) is 5.69 Å². The smallest absolute Gasteiger partial charge is 0.272 e.